The van der Waals surface area contributed by atoms with Crippen LogP contribution in [0.1, 0.15) is 18.4 Å². The Hall–Kier alpha value is -1.80. The molecular formula is C20H26F3N3O2. The van der Waals surface area contributed by atoms with Crippen LogP contribution in [0.5, 0.6) is 5.75 Å². The average molecular weight is 397 g/mol. The number of alkyl halides is 3. The number of fused-ring (bicyclic) bond motifs is 1. The van der Waals surface area contributed by atoms with Crippen molar-refractivity contribution in [2.75, 3.05) is 32.7 Å². The minimum absolute atomic E-state index is 0.129. The Labute approximate surface area is 162 Å². The van der Waals surface area contributed by atoms with E-state index < -0.39 is 6.36 Å². The molecule has 2 unspecified atom stereocenters. The van der Waals surface area contributed by atoms with Gasteiger partial charge in [0, 0.05) is 26.2 Å². The summed E-state index contributed by atoms with van der Waals surface area (Å²) in [7, 11) is 0. The molecule has 1 aliphatic heterocycles. The zero-order valence-electron chi connectivity index (χ0n) is 15.7. The van der Waals surface area contributed by atoms with Crippen molar-refractivity contribution in [2.45, 2.75) is 25.7 Å². The maximum absolute atomic E-state index is 12.3. The largest absolute Gasteiger partial charge is 0.573 e. The minimum Gasteiger partial charge on any atom is -0.406 e. The maximum atomic E-state index is 12.3. The van der Waals surface area contributed by atoms with Crippen molar-refractivity contribution in [3.8, 4) is 5.75 Å². The first-order valence-electron chi connectivity index (χ1n) is 9.92. The van der Waals surface area contributed by atoms with Crippen LogP contribution in [-0.2, 0) is 11.3 Å². The van der Waals surface area contributed by atoms with Crippen molar-refractivity contribution in [2.24, 2.45) is 23.7 Å². The van der Waals surface area contributed by atoms with Crippen LogP contribution in [-0.4, -0.2) is 49.9 Å². The van der Waals surface area contributed by atoms with Gasteiger partial charge in [0.2, 0.25) is 5.91 Å². The third-order valence-electron chi connectivity index (χ3n) is 5.94. The minimum atomic E-state index is -4.67. The Kier molecular flexibility index (Phi) is 5.51. The predicted molar refractivity (Wildman–Crippen MR) is 97.5 cm³/mol. The fourth-order valence-electron chi connectivity index (χ4n) is 4.24. The molecule has 2 atom stereocenters. The van der Waals surface area contributed by atoms with Crippen LogP contribution >= 0.6 is 0 Å². The Morgan fingerprint density at radius 2 is 1.93 bits per heavy atom. The summed E-state index contributed by atoms with van der Waals surface area (Å²) in [6.07, 6.45) is -2.19. The molecule has 28 heavy (non-hydrogen) atoms. The van der Waals surface area contributed by atoms with E-state index >= 15 is 0 Å². The number of rotatable bonds is 9. The van der Waals surface area contributed by atoms with Crippen molar-refractivity contribution in [1.29, 1.82) is 0 Å². The third-order valence-corrected chi connectivity index (χ3v) is 5.94. The smallest absolute Gasteiger partial charge is 0.406 e. The molecule has 2 N–H and O–H groups in total. The first kappa shape index (κ1) is 19.5. The summed E-state index contributed by atoms with van der Waals surface area (Å²) < 4.78 is 40.8. The maximum Gasteiger partial charge on any atom is 0.573 e. The van der Waals surface area contributed by atoms with Crippen LogP contribution in [0, 0.1) is 23.7 Å². The number of carbonyl (C=O) groups excluding carboxylic acids is 1. The molecule has 154 valence electrons. The van der Waals surface area contributed by atoms with E-state index in [9.17, 15) is 18.0 Å². The summed E-state index contributed by atoms with van der Waals surface area (Å²) in [6, 6.07) is 6.07. The summed E-state index contributed by atoms with van der Waals surface area (Å²) in [6.45, 7) is 4.60. The van der Waals surface area contributed by atoms with Gasteiger partial charge in [0.05, 0.1) is 6.54 Å². The van der Waals surface area contributed by atoms with E-state index in [1.807, 2.05) is 0 Å². The molecule has 1 aromatic rings. The molecule has 5 nitrogen and oxygen atoms in total. The second-order valence-electron chi connectivity index (χ2n) is 8.26. The number of halogens is 3. The molecule has 0 radical (unpaired) electrons. The van der Waals surface area contributed by atoms with Crippen LogP contribution in [0.25, 0.3) is 0 Å². The zero-order valence-corrected chi connectivity index (χ0v) is 15.7. The van der Waals surface area contributed by atoms with E-state index in [-0.39, 0.29) is 11.7 Å². The molecule has 3 fully saturated rings. The van der Waals surface area contributed by atoms with Gasteiger partial charge in [-0.1, -0.05) is 12.1 Å². The Balaban J connectivity index is 1.13. The first-order valence-corrected chi connectivity index (χ1v) is 9.92. The van der Waals surface area contributed by atoms with Gasteiger partial charge in [-0.3, -0.25) is 9.69 Å². The fourth-order valence-corrected chi connectivity index (χ4v) is 4.24. The summed E-state index contributed by atoms with van der Waals surface area (Å²) >= 11 is 0. The highest BCUT2D eigenvalue weighted by molar-refractivity contribution is 5.78. The van der Waals surface area contributed by atoms with Gasteiger partial charge >= 0.3 is 6.36 Å². The van der Waals surface area contributed by atoms with Gasteiger partial charge in [-0.25, -0.2) is 0 Å². The number of likely N-dealkylation sites (tertiary alicyclic amines) is 1. The molecular weight excluding hydrogens is 371 g/mol. The molecule has 0 aromatic heterocycles. The van der Waals surface area contributed by atoms with Crippen molar-refractivity contribution in [1.82, 2.24) is 15.5 Å². The number of hydrogen-bond donors (Lipinski definition) is 2. The van der Waals surface area contributed by atoms with Crippen LogP contribution < -0.4 is 15.4 Å². The average Bonchev–Trinajstić information content (AvgIpc) is 3.51. The topological polar surface area (TPSA) is 53.6 Å². The quantitative estimate of drug-likeness (QED) is 0.672. The number of benzene rings is 1. The van der Waals surface area contributed by atoms with Gasteiger partial charge < -0.3 is 15.4 Å². The van der Waals surface area contributed by atoms with Crippen LogP contribution in [0.4, 0.5) is 13.2 Å². The second-order valence-corrected chi connectivity index (χ2v) is 8.26. The van der Waals surface area contributed by atoms with Gasteiger partial charge in [-0.05, 0) is 60.8 Å². The summed E-state index contributed by atoms with van der Waals surface area (Å²) in [5.74, 6) is 2.49. The van der Waals surface area contributed by atoms with Gasteiger partial charge in [-0.15, -0.1) is 13.2 Å². The highest BCUT2D eigenvalue weighted by atomic mass is 19.4. The van der Waals surface area contributed by atoms with Crippen molar-refractivity contribution in [3.05, 3.63) is 29.8 Å². The first-order chi connectivity index (χ1) is 13.4. The Bertz CT molecular complexity index is 696. The van der Waals surface area contributed by atoms with Crippen LogP contribution in [0.15, 0.2) is 24.3 Å². The number of nitrogens with zero attached hydrogens (tertiary/aromatic N) is 1. The lowest BCUT2D eigenvalue weighted by molar-refractivity contribution is -0.274. The van der Waals surface area contributed by atoms with Crippen molar-refractivity contribution < 1.29 is 22.7 Å². The molecule has 1 amide bonds. The molecule has 1 saturated heterocycles. The monoisotopic (exact) mass is 397 g/mol. The van der Waals surface area contributed by atoms with Gasteiger partial charge in [0.1, 0.15) is 5.75 Å². The van der Waals surface area contributed by atoms with E-state index in [1.54, 1.807) is 12.1 Å². The summed E-state index contributed by atoms with van der Waals surface area (Å²) in [5.41, 5.74) is 0.765. The Morgan fingerprint density at radius 3 is 2.61 bits per heavy atom. The van der Waals surface area contributed by atoms with E-state index in [0.29, 0.717) is 36.8 Å². The van der Waals surface area contributed by atoms with Crippen molar-refractivity contribution >= 4 is 5.91 Å². The number of carbonyl (C=O) groups is 1. The lowest BCUT2D eigenvalue weighted by Gasteiger charge is -2.19. The molecule has 2 saturated carbocycles. The van der Waals surface area contributed by atoms with E-state index in [2.05, 4.69) is 20.3 Å². The van der Waals surface area contributed by atoms with E-state index in [4.69, 9.17) is 0 Å². The summed E-state index contributed by atoms with van der Waals surface area (Å²) in [5, 5.41) is 6.35. The molecule has 1 aromatic carbocycles. The zero-order chi connectivity index (χ0) is 19.7. The van der Waals surface area contributed by atoms with Gasteiger partial charge in [-0.2, -0.15) is 0 Å². The second kappa shape index (κ2) is 7.91. The van der Waals surface area contributed by atoms with Gasteiger partial charge in [0.25, 0.3) is 0 Å². The third kappa shape index (κ3) is 5.38. The highest BCUT2D eigenvalue weighted by Crippen LogP contribution is 2.51. The predicted octanol–water partition coefficient (Wildman–Crippen LogP) is 2.38. The Morgan fingerprint density at radius 1 is 1.18 bits per heavy atom. The number of nitrogens with one attached hydrogen (secondary N) is 2. The molecule has 3 aliphatic rings. The lowest BCUT2D eigenvalue weighted by atomic mass is 10.2. The fraction of sp³-hybridized carbons (Fsp3) is 0.650. The van der Waals surface area contributed by atoms with E-state index in [1.165, 1.54) is 25.0 Å². The standard InChI is InChI=1S/C20H26F3N3O2/c21-20(22,23)28-15-3-1-2-14(6-15)7-24-9-16-17-10-26(11-18(16)17)12-19(27)25-8-13-4-5-13/h1-3,6,13,16-18,24H,4-5,7-12H2,(H,25,27). The van der Waals surface area contributed by atoms with Crippen LogP contribution in [0.2, 0.25) is 0 Å². The van der Waals surface area contributed by atoms with Crippen LogP contribution in [0.3, 0.4) is 0 Å². The molecule has 0 spiro atoms. The van der Waals surface area contributed by atoms with Crippen molar-refractivity contribution in [3.63, 3.8) is 0 Å². The number of ether oxygens (including phenoxy) is 1. The van der Waals surface area contributed by atoms with E-state index in [0.717, 1.165) is 31.7 Å². The highest BCUT2D eigenvalue weighted by Gasteiger charge is 2.54. The molecule has 1 heterocycles. The normalized spacial score (nSPS) is 26.8. The molecule has 2 aliphatic carbocycles. The number of hydrogen-bond acceptors (Lipinski definition) is 4. The molecule has 4 rings (SSSR count). The molecule has 0 bridgehead atoms. The lowest BCUT2D eigenvalue weighted by Crippen LogP contribution is -2.38. The number of piperidine rings is 1. The van der Waals surface area contributed by atoms with Gasteiger partial charge in [0.15, 0.2) is 0 Å². The SMILES string of the molecule is O=C(CN1CC2C(CNCc3cccc(OC(F)(F)F)c3)C2C1)NCC1CC1. The number of amides is 1. The molecule has 8 heteroatoms. The summed E-state index contributed by atoms with van der Waals surface area (Å²) in [4.78, 5) is 14.2.